The zero-order valence-electron chi connectivity index (χ0n) is 13.4. The third-order valence-corrected chi connectivity index (χ3v) is 5.73. The van der Waals surface area contributed by atoms with Gasteiger partial charge in [0.1, 0.15) is 0 Å². The smallest absolute Gasteiger partial charge is 0.315 e. The first-order valence-corrected chi connectivity index (χ1v) is 9.69. The number of amides is 2. The van der Waals surface area contributed by atoms with Crippen molar-refractivity contribution in [2.75, 3.05) is 24.7 Å². The number of benzene rings is 1. The molecule has 1 aromatic rings. The van der Waals surface area contributed by atoms with Gasteiger partial charge in [0.2, 0.25) is 0 Å². The zero-order chi connectivity index (χ0) is 16.7. The van der Waals surface area contributed by atoms with Gasteiger partial charge in [0.05, 0.1) is 18.1 Å². The molecule has 2 N–H and O–H groups in total. The summed E-state index contributed by atoms with van der Waals surface area (Å²) in [7, 11) is -2.90. The van der Waals surface area contributed by atoms with Gasteiger partial charge in [-0.3, -0.25) is 0 Å². The Labute approximate surface area is 137 Å². The Morgan fingerprint density at radius 1 is 1.26 bits per heavy atom. The van der Waals surface area contributed by atoms with Gasteiger partial charge in [-0.2, -0.15) is 0 Å². The van der Waals surface area contributed by atoms with Crippen molar-refractivity contribution in [1.82, 2.24) is 10.6 Å². The van der Waals surface area contributed by atoms with Gasteiger partial charge in [-0.1, -0.05) is 24.3 Å². The molecular weight excluding hydrogens is 316 g/mol. The second-order valence-electron chi connectivity index (χ2n) is 5.74. The highest BCUT2D eigenvalue weighted by atomic mass is 32.2. The van der Waals surface area contributed by atoms with Crippen molar-refractivity contribution < 1.29 is 17.9 Å². The Balaban J connectivity index is 1.76. The highest BCUT2D eigenvalue weighted by Crippen LogP contribution is 2.17. The number of carbonyl (C=O) groups is 1. The summed E-state index contributed by atoms with van der Waals surface area (Å²) in [5.74, 6) is 0.423. The third-order valence-electron chi connectivity index (χ3n) is 3.90. The minimum absolute atomic E-state index is 0.0241. The number of ether oxygens (including phenoxy) is 1. The number of sulfone groups is 1. The van der Waals surface area contributed by atoms with Crippen molar-refractivity contribution in [2.45, 2.75) is 26.5 Å². The molecule has 1 heterocycles. The van der Waals surface area contributed by atoms with E-state index in [1.165, 1.54) is 0 Å². The summed E-state index contributed by atoms with van der Waals surface area (Å²) in [5.41, 5.74) is 2.07. The molecule has 1 aromatic carbocycles. The van der Waals surface area contributed by atoms with E-state index in [0.29, 0.717) is 32.7 Å². The highest BCUT2D eigenvalue weighted by molar-refractivity contribution is 7.91. The van der Waals surface area contributed by atoms with Gasteiger partial charge in [0.25, 0.3) is 0 Å². The summed E-state index contributed by atoms with van der Waals surface area (Å²) in [6.45, 7) is 3.92. The Morgan fingerprint density at radius 2 is 2.00 bits per heavy atom. The van der Waals surface area contributed by atoms with Crippen LogP contribution in [0.25, 0.3) is 0 Å². The minimum atomic E-state index is -2.90. The molecule has 0 spiro atoms. The minimum Gasteiger partial charge on any atom is -0.377 e. The van der Waals surface area contributed by atoms with Gasteiger partial charge < -0.3 is 15.4 Å². The topological polar surface area (TPSA) is 84.5 Å². The molecular formula is C16H24N2O4S. The van der Waals surface area contributed by atoms with Crippen molar-refractivity contribution >= 4 is 15.9 Å². The van der Waals surface area contributed by atoms with Gasteiger partial charge in [-0.25, -0.2) is 13.2 Å². The van der Waals surface area contributed by atoms with Crippen molar-refractivity contribution in [2.24, 2.45) is 5.92 Å². The molecule has 0 bridgehead atoms. The molecule has 1 saturated heterocycles. The van der Waals surface area contributed by atoms with Crippen LogP contribution in [0.2, 0.25) is 0 Å². The Hall–Kier alpha value is -1.60. The molecule has 7 heteroatoms. The molecule has 0 aliphatic carbocycles. The van der Waals surface area contributed by atoms with E-state index in [4.69, 9.17) is 4.74 Å². The molecule has 1 atom stereocenters. The average molecular weight is 340 g/mol. The third kappa shape index (κ3) is 5.84. The van der Waals surface area contributed by atoms with E-state index in [0.717, 1.165) is 11.1 Å². The molecule has 1 aliphatic rings. The van der Waals surface area contributed by atoms with Gasteiger partial charge in [0.15, 0.2) is 9.84 Å². The molecule has 23 heavy (non-hydrogen) atoms. The monoisotopic (exact) mass is 340 g/mol. The highest BCUT2D eigenvalue weighted by Gasteiger charge is 2.27. The molecule has 0 saturated carbocycles. The first-order chi connectivity index (χ1) is 11.0. The van der Waals surface area contributed by atoms with Gasteiger partial charge >= 0.3 is 6.03 Å². The molecule has 2 amide bonds. The molecule has 128 valence electrons. The van der Waals surface area contributed by atoms with E-state index >= 15 is 0 Å². The normalized spacial score (nSPS) is 19.4. The van der Waals surface area contributed by atoms with Crippen LogP contribution in [0.4, 0.5) is 4.79 Å². The summed E-state index contributed by atoms with van der Waals surface area (Å²) >= 11 is 0. The predicted octanol–water partition coefficient (Wildman–Crippen LogP) is 1.46. The van der Waals surface area contributed by atoms with Crippen LogP contribution >= 0.6 is 0 Å². The lowest BCUT2D eigenvalue weighted by atomic mass is 10.1. The fourth-order valence-corrected chi connectivity index (χ4v) is 4.45. The maximum absolute atomic E-state index is 11.9. The maximum atomic E-state index is 11.9. The lowest BCUT2D eigenvalue weighted by molar-refractivity contribution is 0.133. The largest absolute Gasteiger partial charge is 0.377 e. The Bertz CT molecular complexity index is 631. The Morgan fingerprint density at radius 3 is 2.65 bits per heavy atom. The quantitative estimate of drug-likeness (QED) is 0.787. The van der Waals surface area contributed by atoms with Crippen LogP contribution in [0.15, 0.2) is 24.3 Å². The van der Waals surface area contributed by atoms with E-state index in [9.17, 15) is 13.2 Å². The van der Waals surface area contributed by atoms with Crippen molar-refractivity contribution in [3.63, 3.8) is 0 Å². The number of carbonyl (C=O) groups excluding carboxylic acids is 1. The van der Waals surface area contributed by atoms with Crippen molar-refractivity contribution in [1.29, 1.82) is 0 Å². The summed E-state index contributed by atoms with van der Waals surface area (Å²) < 4.78 is 28.2. The molecule has 1 fully saturated rings. The van der Waals surface area contributed by atoms with Gasteiger partial charge in [-0.05, 0) is 30.4 Å². The number of hydrogen-bond donors (Lipinski definition) is 2. The van der Waals surface area contributed by atoms with E-state index in [2.05, 4.69) is 10.6 Å². The lowest BCUT2D eigenvalue weighted by Crippen LogP contribution is -2.38. The molecule has 0 radical (unpaired) electrons. The van der Waals surface area contributed by atoms with Crippen molar-refractivity contribution in [3.8, 4) is 0 Å². The first-order valence-electron chi connectivity index (χ1n) is 7.87. The van der Waals surface area contributed by atoms with Gasteiger partial charge in [-0.15, -0.1) is 0 Å². The first kappa shape index (κ1) is 17.7. The number of hydrogen-bond acceptors (Lipinski definition) is 4. The molecule has 1 aliphatic heterocycles. The summed E-state index contributed by atoms with van der Waals surface area (Å²) in [6.07, 6.45) is 0.625. The summed E-state index contributed by atoms with van der Waals surface area (Å²) in [5, 5.41) is 5.55. The van der Waals surface area contributed by atoms with E-state index in [-0.39, 0.29) is 23.5 Å². The fraction of sp³-hybridized carbons (Fsp3) is 0.562. The second-order valence-corrected chi connectivity index (χ2v) is 7.97. The van der Waals surface area contributed by atoms with Crippen LogP contribution in [0.3, 0.4) is 0 Å². The summed E-state index contributed by atoms with van der Waals surface area (Å²) in [6, 6.07) is 7.53. The Kier molecular flexibility index (Phi) is 6.41. The molecule has 0 unspecified atom stereocenters. The van der Waals surface area contributed by atoms with Crippen LogP contribution in [0.5, 0.6) is 0 Å². The lowest BCUT2D eigenvalue weighted by Gasteiger charge is -2.13. The van der Waals surface area contributed by atoms with E-state index in [1.807, 2.05) is 31.2 Å². The predicted molar refractivity (Wildman–Crippen MR) is 88.8 cm³/mol. The number of rotatable bonds is 7. The van der Waals surface area contributed by atoms with E-state index in [1.54, 1.807) is 0 Å². The average Bonchev–Trinajstić information content (AvgIpc) is 2.89. The maximum Gasteiger partial charge on any atom is 0.315 e. The summed E-state index contributed by atoms with van der Waals surface area (Å²) in [4.78, 5) is 11.9. The van der Waals surface area contributed by atoms with Gasteiger partial charge in [0, 0.05) is 19.7 Å². The second kappa shape index (κ2) is 8.31. The number of nitrogens with one attached hydrogen (secondary N) is 2. The van der Waals surface area contributed by atoms with Crippen LogP contribution in [0.1, 0.15) is 24.5 Å². The fourth-order valence-electron chi connectivity index (χ4n) is 2.59. The number of urea groups is 1. The molecule has 0 aromatic heterocycles. The van der Waals surface area contributed by atoms with E-state index < -0.39 is 9.84 Å². The van der Waals surface area contributed by atoms with Crippen molar-refractivity contribution in [3.05, 3.63) is 35.4 Å². The molecule has 6 nitrogen and oxygen atoms in total. The standard InChI is InChI=1S/C16H24N2O4S/c1-2-22-11-15-6-4-3-5-14(15)10-18-16(19)17-9-13-7-8-23(20,21)12-13/h3-6,13H,2,7-12H2,1H3,(H2,17,18,19)/t13-/m0/s1. The van der Waals surface area contributed by atoms with Crippen LogP contribution in [-0.2, 0) is 27.7 Å². The zero-order valence-corrected chi connectivity index (χ0v) is 14.2. The van der Waals surface area contributed by atoms with Crippen LogP contribution in [-0.4, -0.2) is 39.1 Å². The SMILES string of the molecule is CCOCc1ccccc1CNC(=O)NC[C@@H]1CCS(=O)(=O)C1. The molecule has 2 rings (SSSR count). The van der Waals surface area contributed by atoms with Crippen LogP contribution in [0, 0.1) is 5.92 Å². The van der Waals surface area contributed by atoms with Crippen LogP contribution < -0.4 is 10.6 Å².